The van der Waals surface area contributed by atoms with E-state index in [9.17, 15) is 30.7 Å². The highest BCUT2D eigenvalue weighted by Crippen LogP contribution is 2.51. The van der Waals surface area contributed by atoms with Crippen molar-refractivity contribution < 1.29 is 30.7 Å². The largest absolute Gasteiger partial charge is 0.416 e. The Morgan fingerprint density at radius 3 is 1.29 bits per heavy atom. The molecule has 0 aliphatic rings. The summed E-state index contributed by atoms with van der Waals surface area (Å²) >= 11 is 8.74. The first-order valence-electron chi connectivity index (χ1n) is 3.02. The minimum Gasteiger partial charge on any atom is -0.230 e. The monoisotopic (exact) mass is 266 g/mol. The van der Waals surface area contributed by atoms with Gasteiger partial charge in [-0.2, -0.15) is 26.3 Å². The van der Waals surface area contributed by atoms with Gasteiger partial charge in [-0.1, -0.05) is 23.2 Å². The van der Waals surface area contributed by atoms with E-state index in [4.69, 9.17) is 0 Å². The lowest BCUT2D eigenvalue weighted by atomic mass is 10.0. The van der Waals surface area contributed by atoms with Gasteiger partial charge in [0.2, 0.25) is 4.87 Å². The predicted molar refractivity (Wildman–Crippen MR) is 36.1 cm³/mol. The fourth-order valence-electron chi connectivity index (χ4n) is 0.605. The van der Waals surface area contributed by atoms with Crippen molar-refractivity contribution in [2.24, 2.45) is 0 Å². The third kappa shape index (κ3) is 2.79. The molecule has 0 aromatic rings. The molecule has 1 atom stereocenters. The van der Waals surface area contributed by atoms with Crippen LogP contribution < -0.4 is 0 Å². The molecular formula is C5H3Cl2F7. The van der Waals surface area contributed by atoms with Crippen molar-refractivity contribution in [3.8, 4) is 0 Å². The molecule has 0 bridgehead atoms. The second kappa shape index (κ2) is 3.92. The molecule has 0 nitrogen and oxygen atoms in total. The van der Waals surface area contributed by atoms with Crippen LogP contribution in [0.3, 0.4) is 0 Å². The molecule has 0 saturated carbocycles. The Morgan fingerprint density at radius 1 is 0.929 bits per heavy atom. The number of halogens is 9. The molecule has 0 saturated heterocycles. The normalized spacial score (nSPS) is 16.9. The van der Waals surface area contributed by atoms with Crippen LogP contribution in [0.4, 0.5) is 30.7 Å². The molecule has 0 fully saturated rings. The predicted octanol–water partition coefficient (Wildman–Crippen LogP) is 4.01. The molecular weight excluding hydrogens is 264 g/mol. The summed E-state index contributed by atoms with van der Waals surface area (Å²) in [5.74, 6) is 0. The van der Waals surface area contributed by atoms with E-state index >= 15 is 0 Å². The van der Waals surface area contributed by atoms with Gasteiger partial charge in [0.15, 0.2) is 5.63 Å². The van der Waals surface area contributed by atoms with E-state index in [1.165, 1.54) is 0 Å². The maximum absolute atomic E-state index is 11.9. The quantitative estimate of drug-likeness (QED) is 0.523. The highest BCUT2D eigenvalue weighted by Gasteiger charge is 2.70. The maximum Gasteiger partial charge on any atom is 0.416 e. The molecule has 0 N–H and O–H groups in total. The third-order valence-electron chi connectivity index (χ3n) is 1.33. The van der Waals surface area contributed by atoms with Crippen molar-refractivity contribution in [3.63, 3.8) is 0 Å². The summed E-state index contributed by atoms with van der Waals surface area (Å²) in [6, 6.07) is 0. The van der Waals surface area contributed by atoms with E-state index < -0.39 is 29.3 Å². The van der Waals surface area contributed by atoms with E-state index in [-0.39, 0.29) is 0 Å². The van der Waals surface area contributed by atoms with Crippen LogP contribution in [0.15, 0.2) is 0 Å². The SMILES string of the molecule is FC(Cl)CC(Cl)(C(F)(F)F)C(F)(F)F. The minimum atomic E-state index is -5.81. The lowest BCUT2D eigenvalue weighted by Crippen LogP contribution is -2.53. The zero-order valence-corrected chi connectivity index (χ0v) is 7.70. The van der Waals surface area contributed by atoms with Crippen LogP contribution in [0.1, 0.15) is 6.42 Å². The zero-order valence-electron chi connectivity index (χ0n) is 6.19. The number of hydrogen-bond donors (Lipinski definition) is 0. The van der Waals surface area contributed by atoms with Crippen molar-refractivity contribution in [1.29, 1.82) is 0 Å². The molecule has 0 aliphatic heterocycles. The Labute approximate surface area is 84.0 Å². The van der Waals surface area contributed by atoms with Crippen molar-refractivity contribution in [3.05, 3.63) is 0 Å². The van der Waals surface area contributed by atoms with Gasteiger partial charge in [-0.05, 0) is 0 Å². The Bertz CT molecular complexity index is 179. The topological polar surface area (TPSA) is 0 Å². The fraction of sp³-hybridized carbons (Fsp3) is 1.00. The van der Waals surface area contributed by atoms with Crippen LogP contribution in [-0.4, -0.2) is 22.9 Å². The third-order valence-corrected chi connectivity index (χ3v) is 2.07. The second-order valence-electron chi connectivity index (χ2n) is 2.39. The number of hydrogen-bond acceptors (Lipinski definition) is 0. The summed E-state index contributed by atoms with van der Waals surface area (Å²) in [5.41, 5.74) is -2.82. The molecule has 0 amide bonds. The highest BCUT2D eigenvalue weighted by molar-refractivity contribution is 6.26. The maximum atomic E-state index is 11.9. The molecule has 0 radical (unpaired) electrons. The summed E-state index contributed by atoms with van der Waals surface area (Å²) in [6.45, 7) is 0. The van der Waals surface area contributed by atoms with E-state index in [2.05, 4.69) is 23.2 Å². The van der Waals surface area contributed by atoms with Crippen molar-refractivity contribution >= 4 is 23.2 Å². The smallest absolute Gasteiger partial charge is 0.230 e. The molecule has 0 aromatic carbocycles. The molecule has 0 aromatic heterocycles. The average Bonchev–Trinajstić information content (AvgIpc) is 1.79. The van der Waals surface area contributed by atoms with Gasteiger partial charge >= 0.3 is 12.4 Å². The summed E-state index contributed by atoms with van der Waals surface area (Å²) in [5, 5.41) is 0. The van der Waals surface area contributed by atoms with Crippen LogP contribution in [0.2, 0.25) is 0 Å². The zero-order chi connectivity index (χ0) is 11.8. The molecule has 1 unspecified atom stereocenters. The molecule has 86 valence electrons. The Hall–Kier alpha value is 0.0900. The number of rotatable bonds is 2. The first-order chi connectivity index (χ1) is 5.92. The molecule has 9 heteroatoms. The van der Waals surface area contributed by atoms with Crippen LogP contribution in [0, 0.1) is 0 Å². The summed E-state index contributed by atoms with van der Waals surface area (Å²) in [6.07, 6.45) is -13.7. The van der Waals surface area contributed by atoms with Gasteiger partial charge < -0.3 is 0 Å². The summed E-state index contributed by atoms with van der Waals surface area (Å²) in [4.78, 5) is -4.64. The van der Waals surface area contributed by atoms with Crippen LogP contribution in [0.25, 0.3) is 0 Å². The van der Waals surface area contributed by atoms with Gasteiger partial charge in [0.1, 0.15) is 0 Å². The second-order valence-corrected chi connectivity index (χ2v) is 3.51. The minimum absolute atomic E-state index is 2.08. The molecule has 0 heterocycles. The van der Waals surface area contributed by atoms with Gasteiger partial charge in [0, 0.05) is 6.42 Å². The van der Waals surface area contributed by atoms with Crippen LogP contribution in [-0.2, 0) is 0 Å². The van der Waals surface area contributed by atoms with E-state index in [0.717, 1.165) is 0 Å². The lowest BCUT2D eigenvalue weighted by Gasteiger charge is -2.31. The molecule has 14 heavy (non-hydrogen) atoms. The van der Waals surface area contributed by atoms with E-state index in [1.807, 2.05) is 0 Å². The summed E-state index contributed by atoms with van der Waals surface area (Å²) < 4.78 is 83.2. The molecule has 0 spiro atoms. The first kappa shape index (κ1) is 14.1. The Morgan fingerprint density at radius 2 is 1.21 bits per heavy atom. The van der Waals surface area contributed by atoms with Crippen LogP contribution >= 0.6 is 23.2 Å². The van der Waals surface area contributed by atoms with Crippen molar-refractivity contribution in [2.45, 2.75) is 29.3 Å². The average molecular weight is 267 g/mol. The Balaban J connectivity index is 5.07. The van der Waals surface area contributed by atoms with Gasteiger partial charge in [-0.25, -0.2) is 4.39 Å². The fourth-order valence-corrected chi connectivity index (χ4v) is 1.05. The van der Waals surface area contributed by atoms with E-state index in [1.54, 1.807) is 0 Å². The van der Waals surface area contributed by atoms with Crippen LogP contribution in [0.5, 0.6) is 0 Å². The van der Waals surface area contributed by atoms with Crippen molar-refractivity contribution in [1.82, 2.24) is 0 Å². The molecule has 0 rings (SSSR count). The standard InChI is InChI=1S/C5H3Cl2F7/c6-2(8)1-3(7,4(9,10)11)5(12,13)14/h2H,1H2. The first-order valence-corrected chi connectivity index (χ1v) is 3.84. The Kier molecular flexibility index (Phi) is 3.95. The lowest BCUT2D eigenvalue weighted by molar-refractivity contribution is -0.270. The number of alkyl halides is 9. The van der Waals surface area contributed by atoms with Gasteiger partial charge in [0.25, 0.3) is 0 Å². The molecule has 0 aliphatic carbocycles. The van der Waals surface area contributed by atoms with Gasteiger partial charge in [-0.15, -0.1) is 0 Å². The summed E-state index contributed by atoms with van der Waals surface area (Å²) in [7, 11) is 0. The van der Waals surface area contributed by atoms with E-state index in [0.29, 0.717) is 0 Å². The van der Waals surface area contributed by atoms with Crippen molar-refractivity contribution in [2.75, 3.05) is 0 Å². The van der Waals surface area contributed by atoms with Gasteiger partial charge in [0.05, 0.1) is 0 Å². The van der Waals surface area contributed by atoms with Gasteiger partial charge in [-0.3, -0.25) is 0 Å². The highest BCUT2D eigenvalue weighted by atomic mass is 35.5.